The van der Waals surface area contributed by atoms with Gasteiger partial charge in [0.15, 0.2) is 10.9 Å². The van der Waals surface area contributed by atoms with Crippen LogP contribution in [-0.2, 0) is 10.2 Å². The molecule has 154 valence electrons. The molecule has 4 rings (SSSR count). The standard InChI is InChI=1S/C23H30N4OS/c1-16-24-25-22(27(16)17-10-6-5-7-11-17)29-15-18(28)14-21-23(2,3)19-12-8-9-13-20(19)26(21)4/h8-9,12-14,17H,5-7,10-11,15H2,1-4H3/b21-14-. The van der Waals surface area contributed by atoms with E-state index in [2.05, 4.69) is 51.7 Å². The summed E-state index contributed by atoms with van der Waals surface area (Å²) in [6.45, 7) is 6.39. The van der Waals surface area contributed by atoms with Gasteiger partial charge < -0.3 is 9.47 Å². The predicted molar refractivity (Wildman–Crippen MR) is 119 cm³/mol. The molecular formula is C23H30N4OS. The number of benzene rings is 1. The van der Waals surface area contributed by atoms with Crippen LogP contribution in [-0.4, -0.2) is 33.3 Å². The Morgan fingerprint density at radius 2 is 1.93 bits per heavy atom. The summed E-state index contributed by atoms with van der Waals surface area (Å²) in [5, 5.41) is 9.53. The fraction of sp³-hybridized carbons (Fsp3) is 0.522. The van der Waals surface area contributed by atoms with Crippen LogP contribution in [0.15, 0.2) is 41.2 Å². The third-order valence-corrected chi connectivity index (χ3v) is 7.32. The molecule has 1 aromatic carbocycles. The number of likely N-dealkylation sites (N-methyl/N-ethyl adjacent to an activating group) is 1. The number of para-hydroxylation sites is 1. The molecule has 0 radical (unpaired) electrons. The van der Waals surface area contributed by atoms with Crippen molar-refractivity contribution in [1.82, 2.24) is 14.8 Å². The minimum absolute atomic E-state index is 0.119. The number of nitrogens with zero attached hydrogens (tertiary/aromatic N) is 4. The van der Waals surface area contributed by atoms with Crippen LogP contribution in [0.25, 0.3) is 0 Å². The first-order valence-electron chi connectivity index (χ1n) is 10.5. The lowest BCUT2D eigenvalue weighted by Gasteiger charge is -2.25. The summed E-state index contributed by atoms with van der Waals surface area (Å²) in [6.07, 6.45) is 8.03. The second-order valence-corrected chi connectivity index (χ2v) is 9.62. The molecule has 1 aliphatic heterocycles. The maximum Gasteiger partial charge on any atom is 0.191 e. The van der Waals surface area contributed by atoms with Crippen molar-refractivity contribution in [3.63, 3.8) is 0 Å². The molecule has 1 aliphatic carbocycles. The number of hydrogen-bond donors (Lipinski definition) is 0. The molecule has 0 spiro atoms. The van der Waals surface area contributed by atoms with Crippen molar-refractivity contribution in [2.45, 2.75) is 69.5 Å². The van der Waals surface area contributed by atoms with Gasteiger partial charge in [-0.15, -0.1) is 10.2 Å². The number of rotatable bonds is 5. The molecule has 0 bridgehead atoms. The van der Waals surface area contributed by atoms with Gasteiger partial charge in [0.05, 0.1) is 5.75 Å². The lowest BCUT2D eigenvalue weighted by Crippen LogP contribution is -2.24. The van der Waals surface area contributed by atoms with Crippen molar-refractivity contribution in [3.05, 3.63) is 47.4 Å². The average molecular weight is 411 g/mol. The third kappa shape index (κ3) is 3.75. The van der Waals surface area contributed by atoms with Crippen LogP contribution in [0.4, 0.5) is 5.69 Å². The minimum Gasteiger partial charge on any atom is -0.347 e. The average Bonchev–Trinajstić information content (AvgIpc) is 3.18. The highest BCUT2D eigenvalue weighted by Crippen LogP contribution is 2.46. The molecule has 6 heteroatoms. The molecule has 0 unspecified atom stereocenters. The normalized spacial score (nSPS) is 20.3. The number of fused-ring (bicyclic) bond motifs is 1. The summed E-state index contributed by atoms with van der Waals surface area (Å²) in [4.78, 5) is 15.0. The smallest absolute Gasteiger partial charge is 0.191 e. The van der Waals surface area contributed by atoms with Gasteiger partial charge in [-0.1, -0.05) is 63.1 Å². The molecular weight excluding hydrogens is 380 g/mol. The van der Waals surface area contributed by atoms with Gasteiger partial charge in [-0.3, -0.25) is 4.79 Å². The summed E-state index contributed by atoms with van der Waals surface area (Å²) in [7, 11) is 2.04. The van der Waals surface area contributed by atoms with E-state index in [1.807, 2.05) is 26.1 Å². The van der Waals surface area contributed by atoms with E-state index in [1.54, 1.807) is 0 Å². The molecule has 1 aromatic heterocycles. The Morgan fingerprint density at radius 3 is 2.66 bits per heavy atom. The number of allylic oxidation sites excluding steroid dienone is 2. The Labute approximate surface area is 177 Å². The van der Waals surface area contributed by atoms with Gasteiger partial charge in [0.1, 0.15) is 5.82 Å². The summed E-state index contributed by atoms with van der Waals surface area (Å²) < 4.78 is 2.26. The van der Waals surface area contributed by atoms with Gasteiger partial charge in [0, 0.05) is 36.0 Å². The molecule has 29 heavy (non-hydrogen) atoms. The molecule has 2 heterocycles. The SMILES string of the molecule is Cc1nnc(SCC(=O)/C=C2\N(C)c3ccccc3C2(C)C)n1C1CCCCC1. The van der Waals surface area contributed by atoms with E-state index in [0.29, 0.717) is 11.8 Å². The van der Waals surface area contributed by atoms with Crippen molar-refractivity contribution in [1.29, 1.82) is 0 Å². The molecule has 1 saturated carbocycles. The van der Waals surface area contributed by atoms with Gasteiger partial charge in [-0.05, 0) is 31.4 Å². The first-order valence-corrected chi connectivity index (χ1v) is 11.5. The van der Waals surface area contributed by atoms with Gasteiger partial charge in [-0.2, -0.15) is 0 Å². The zero-order valence-electron chi connectivity index (χ0n) is 17.8. The molecule has 0 N–H and O–H groups in total. The molecule has 0 amide bonds. The number of thioether (sulfide) groups is 1. The van der Waals surface area contributed by atoms with Crippen molar-refractivity contribution in [2.24, 2.45) is 0 Å². The fourth-order valence-electron chi connectivity index (χ4n) is 4.80. The van der Waals surface area contributed by atoms with Gasteiger partial charge >= 0.3 is 0 Å². The Hall–Kier alpha value is -2.08. The topological polar surface area (TPSA) is 51.0 Å². The van der Waals surface area contributed by atoms with Crippen LogP contribution >= 0.6 is 11.8 Å². The van der Waals surface area contributed by atoms with E-state index in [1.165, 1.54) is 55.1 Å². The number of anilines is 1. The van der Waals surface area contributed by atoms with E-state index < -0.39 is 0 Å². The highest BCUT2D eigenvalue weighted by atomic mass is 32.2. The van der Waals surface area contributed by atoms with Crippen LogP contribution in [0, 0.1) is 6.92 Å². The zero-order valence-corrected chi connectivity index (χ0v) is 18.6. The fourth-order valence-corrected chi connectivity index (χ4v) is 5.67. The van der Waals surface area contributed by atoms with Crippen LogP contribution in [0.5, 0.6) is 0 Å². The van der Waals surface area contributed by atoms with Gasteiger partial charge in [-0.25, -0.2) is 0 Å². The monoisotopic (exact) mass is 410 g/mol. The van der Waals surface area contributed by atoms with E-state index in [9.17, 15) is 4.79 Å². The molecule has 5 nitrogen and oxygen atoms in total. The maximum absolute atomic E-state index is 12.9. The Morgan fingerprint density at radius 1 is 1.21 bits per heavy atom. The summed E-state index contributed by atoms with van der Waals surface area (Å²) >= 11 is 1.51. The Balaban J connectivity index is 1.49. The minimum atomic E-state index is -0.176. The Bertz CT molecular complexity index is 940. The first-order chi connectivity index (χ1) is 13.9. The van der Waals surface area contributed by atoms with Gasteiger partial charge in [0.25, 0.3) is 0 Å². The number of hydrogen-bond acceptors (Lipinski definition) is 5. The highest BCUT2D eigenvalue weighted by molar-refractivity contribution is 7.99. The van der Waals surface area contributed by atoms with E-state index in [0.717, 1.165) is 16.7 Å². The molecule has 0 atom stereocenters. The molecule has 0 saturated heterocycles. The number of aromatic nitrogens is 3. The van der Waals surface area contributed by atoms with Gasteiger partial charge in [0.2, 0.25) is 0 Å². The van der Waals surface area contributed by atoms with E-state index in [-0.39, 0.29) is 11.2 Å². The Kier molecular flexibility index (Phi) is 5.56. The molecule has 2 aliphatic rings. The first kappa shape index (κ1) is 20.2. The second-order valence-electron chi connectivity index (χ2n) is 8.68. The highest BCUT2D eigenvalue weighted by Gasteiger charge is 2.38. The number of carbonyl (C=O) groups excluding carboxylic acids is 1. The van der Waals surface area contributed by atoms with Crippen LogP contribution in [0.2, 0.25) is 0 Å². The molecule has 1 fully saturated rings. The number of ketones is 1. The van der Waals surface area contributed by atoms with Crippen molar-refractivity contribution >= 4 is 23.2 Å². The lowest BCUT2D eigenvalue weighted by molar-refractivity contribution is -0.112. The second kappa shape index (κ2) is 7.98. The van der Waals surface area contributed by atoms with Crippen molar-refractivity contribution in [2.75, 3.05) is 17.7 Å². The van der Waals surface area contributed by atoms with Crippen molar-refractivity contribution < 1.29 is 4.79 Å². The summed E-state index contributed by atoms with van der Waals surface area (Å²) in [5.74, 6) is 1.46. The van der Waals surface area contributed by atoms with Crippen molar-refractivity contribution in [3.8, 4) is 0 Å². The van der Waals surface area contributed by atoms with Crippen LogP contribution in [0.3, 0.4) is 0 Å². The van der Waals surface area contributed by atoms with E-state index >= 15 is 0 Å². The largest absolute Gasteiger partial charge is 0.347 e. The van der Waals surface area contributed by atoms with Crippen LogP contribution < -0.4 is 4.90 Å². The summed E-state index contributed by atoms with van der Waals surface area (Å²) in [5.41, 5.74) is 3.32. The number of carbonyl (C=O) groups is 1. The van der Waals surface area contributed by atoms with Crippen LogP contribution in [0.1, 0.15) is 63.4 Å². The predicted octanol–water partition coefficient (Wildman–Crippen LogP) is 5.06. The zero-order chi connectivity index (χ0) is 20.6. The lowest BCUT2D eigenvalue weighted by atomic mass is 9.83. The maximum atomic E-state index is 12.9. The number of aryl methyl sites for hydroxylation is 1. The molecule has 2 aromatic rings. The quantitative estimate of drug-likeness (QED) is 0.509. The summed E-state index contributed by atoms with van der Waals surface area (Å²) in [6, 6.07) is 8.86. The van der Waals surface area contributed by atoms with E-state index in [4.69, 9.17) is 0 Å². The third-order valence-electron chi connectivity index (χ3n) is 6.36.